The minimum atomic E-state index is -3.55. The van der Waals surface area contributed by atoms with Crippen LogP contribution in [0, 0.1) is 13.8 Å². The van der Waals surface area contributed by atoms with E-state index in [0.29, 0.717) is 28.0 Å². The molecule has 0 unspecified atom stereocenters. The normalized spacial score (nSPS) is 11.9. The van der Waals surface area contributed by atoms with E-state index in [4.69, 9.17) is 4.42 Å². The molecular formula is C17H18N2O4S. The second-order valence-corrected chi connectivity index (χ2v) is 7.50. The van der Waals surface area contributed by atoms with Gasteiger partial charge in [-0.15, -0.1) is 0 Å². The van der Waals surface area contributed by atoms with Crippen LogP contribution in [0.5, 0.6) is 0 Å². The molecule has 0 saturated carbocycles. The Balaban J connectivity index is 1.72. The van der Waals surface area contributed by atoms with Crippen molar-refractivity contribution in [3.63, 3.8) is 0 Å². The molecule has 0 aliphatic carbocycles. The lowest BCUT2D eigenvalue weighted by molar-refractivity contribution is 0.555. The zero-order valence-corrected chi connectivity index (χ0v) is 14.2. The number of sulfonamides is 1. The zero-order chi connectivity index (χ0) is 17.3. The molecule has 126 valence electrons. The van der Waals surface area contributed by atoms with E-state index in [-0.39, 0.29) is 6.54 Å². The number of fused-ring (bicyclic) bond motifs is 1. The lowest BCUT2D eigenvalue weighted by Crippen LogP contribution is -2.26. The second-order valence-electron chi connectivity index (χ2n) is 5.76. The van der Waals surface area contributed by atoms with E-state index in [9.17, 15) is 13.2 Å². The van der Waals surface area contributed by atoms with Crippen LogP contribution in [0.1, 0.15) is 16.7 Å². The predicted octanol–water partition coefficient (Wildman–Crippen LogP) is 2.26. The van der Waals surface area contributed by atoms with Crippen LogP contribution in [0.3, 0.4) is 0 Å². The summed E-state index contributed by atoms with van der Waals surface area (Å²) in [5.74, 6) is -0.502. The molecule has 0 aliphatic heterocycles. The molecule has 2 aromatic carbocycles. The van der Waals surface area contributed by atoms with Gasteiger partial charge in [0.25, 0.3) is 0 Å². The average Bonchev–Trinajstić information content (AvgIpc) is 2.88. The van der Waals surface area contributed by atoms with Gasteiger partial charge in [-0.1, -0.05) is 18.2 Å². The van der Waals surface area contributed by atoms with Crippen molar-refractivity contribution in [2.45, 2.75) is 25.2 Å². The van der Waals surface area contributed by atoms with Crippen LogP contribution in [0.2, 0.25) is 0 Å². The number of hydrogen-bond donors (Lipinski definition) is 2. The van der Waals surface area contributed by atoms with Crippen LogP contribution in [0.25, 0.3) is 11.1 Å². The largest absolute Gasteiger partial charge is 0.417 e. The summed E-state index contributed by atoms with van der Waals surface area (Å²) in [4.78, 5) is 14.0. The van der Waals surface area contributed by atoms with E-state index in [0.717, 1.165) is 11.1 Å². The van der Waals surface area contributed by atoms with Gasteiger partial charge < -0.3 is 4.42 Å². The summed E-state index contributed by atoms with van der Waals surface area (Å²) in [6.07, 6.45) is 0.495. The summed E-state index contributed by atoms with van der Waals surface area (Å²) >= 11 is 0. The highest BCUT2D eigenvalue weighted by Gasteiger charge is 2.16. The molecule has 24 heavy (non-hydrogen) atoms. The molecule has 0 amide bonds. The first-order chi connectivity index (χ1) is 11.3. The van der Waals surface area contributed by atoms with Crippen molar-refractivity contribution in [1.82, 2.24) is 9.71 Å². The monoisotopic (exact) mass is 346 g/mol. The highest BCUT2D eigenvalue weighted by atomic mass is 32.2. The average molecular weight is 346 g/mol. The third-order valence-electron chi connectivity index (χ3n) is 3.82. The Labute approximate surface area is 139 Å². The molecule has 0 bridgehead atoms. The van der Waals surface area contributed by atoms with Crippen molar-refractivity contribution >= 4 is 21.1 Å². The van der Waals surface area contributed by atoms with E-state index in [1.165, 1.54) is 0 Å². The van der Waals surface area contributed by atoms with Crippen LogP contribution >= 0.6 is 0 Å². The van der Waals surface area contributed by atoms with Crippen molar-refractivity contribution in [2.75, 3.05) is 6.54 Å². The Kier molecular flexibility index (Phi) is 4.29. The number of aryl methyl sites for hydroxylation is 2. The fourth-order valence-corrected chi connectivity index (χ4v) is 3.91. The topological polar surface area (TPSA) is 92.2 Å². The number of aromatic nitrogens is 1. The second kappa shape index (κ2) is 6.26. The number of H-pyrrole nitrogens is 1. The fraction of sp³-hybridized carbons (Fsp3) is 0.235. The van der Waals surface area contributed by atoms with E-state index in [2.05, 4.69) is 9.71 Å². The third-order valence-corrected chi connectivity index (χ3v) is 5.43. The van der Waals surface area contributed by atoms with Gasteiger partial charge in [-0.3, -0.25) is 4.98 Å². The van der Waals surface area contributed by atoms with E-state index >= 15 is 0 Å². The van der Waals surface area contributed by atoms with Gasteiger partial charge in [0, 0.05) is 6.54 Å². The van der Waals surface area contributed by atoms with Crippen molar-refractivity contribution < 1.29 is 12.8 Å². The van der Waals surface area contributed by atoms with Crippen LogP contribution in [-0.2, 0) is 16.4 Å². The van der Waals surface area contributed by atoms with Gasteiger partial charge in [0.1, 0.15) is 0 Å². The van der Waals surface area contributed by atoms with E-state index < -0.39 is 15.8 Å². The molecule has 0 saturated heterocycles. The van der Waals surface area contributed by atoms with E-state index in [1.54, 1.807) is 31.2 Å². The van der Waals surface area contributed by atoms with Gasteiger partial charge in [-0.2, -0.15) is 0 Å². The number of hydrogen-bond acceptors (Lipinski definition) is 4. The summed E-state index contributed by atoms with van der Waals surface area (Å²) in [5.41, 5.74) is 3.58. The standard InChI is InChI=1S/C17H18N2O4S/c1-11-3-4-12(2)16(9-11)24(21,22)18-8-7-13-5-6-14-15(10-13)23-17(20)19-14/h3-6,9-10,18H,7-8H2,1-2H3,(H,19,20). The lowest BCUT2D eigenvalue weighted by atomic mass is 10.1. The molecule has 0 fully saturated rings. The molecule has 2 N–H and O–H groups in total. The lowest BCUT2D eigenvalue weighted by Gasteiger charge is -2.10. The Morgan fingerprint density at radius 3 is 2.71 bits per heavy atom. The van der Waals surface area contributed by atoms with E-state index in [1.807, 2.05) is 19.1 Å². The Morgan fingerprint density at radius 1 is 1.12 bits per heavy atom. The minimum absolute atomic E-state index is 0.260. The first-order valence-corrected chi connectivity index (χ1v) is 9.02. The number of benzene rings is 2. The third kappa shape index (κ3) is 3.42. The maximum Gasteiger partial charge on any atom is 0.417 e. The smallest absolute Gasteiger partial charge is 0.408 e. The summed E-state index contributed by atoms with van der Waals surface area (Å²) in [5, 5.41) is 0. The number of aromatic amines is 1. The minimum Gasteiger partial charge on any atom is -0.408 e. The highest BCUT2D eigenvalue weighted by molar-refractivity contribution is 7.89. The molecule has 3 rings (SSSR count). The maximum atomic E-state index is 12.4. The molecule has 7 heteroatoms. The van der Waals surface area contributed by atoms with Crippen LogP contribution in [0.15, 0.2) is 50.5 Å². The first-order valence-electron chi connectivity index (χ1n) is 7.54. The van der Waals surface area contributed by atoms with Crippen LogP contribution in [0.4, 0.5) is 0 Å². The Hall–Kier alpha value is -2.38. The molecule has 1 aromatic heterocycles. The Morgan fingerprint density at radius 2 is 1.92 bits per heavy atom. The first kappa shape index (κ1) is 16.5. The number of oxazole rings is 1. The molecule has 0 aliphatic rings. The molecule has 0 atom stereocenters. The molecule has 1 heterocycles. The van der Waals surface area contributed by atoms with Gasteiger partial charge >= 0.3 is 5.76 Å². The van der Waals surface area contributed by atoms with Gasteiger partial charge in [-0.05, 0) is 55.2 Å². The molecule has 3 aromatic rings. The summed E-state index contributed by atoms with van der Waals surface area (Å²) in [7, 11) is -3.55. The molecule has 6 nitrogen and oxygen atoms in total. The van der Waals surface area contributed by atoms with Crippen LogP contribution in [-0.4, -0.2) is 19.9 Å². The molecule has 0 spiro atoms. The van der Waals surface area contributed by atoms with Gasteiger partial charge in [0.05, 0.1) is 10.4 Å². The number of nitrogens with one attached hydrogen (secondary N) is 2. The summed E-state index contributed by atoms with van der Waals surface area (Å²) < 4.78 is 32.5. The quantitative estimate of drug-likeness (QED) is 0.741. The van der Waals surface area contributed by atoms with Crippen LogP contribution < -0.4 is 10.5 Å². The van der Waals surface area contributed by atoms with Gasteiger partial charge in [0.2, 0.25) is 10.0 Å². The van der Waals surface area contributed by atoms with Gasteiger partial charge in [-0.25, -0.2) is 17.9 Å². The summed E-state index contributed by atoms with van der Waals surface area (Å²) in [6, 6.07) is 10.7. The van der Waals surface area contributed by atoms with Crippen molar-refractivity contribution in [1.29, 1.82) is 0 Å². The highest BCUT2D eigenvalue weighted by Crippen LogP contribution is 2.17. The number of rotatable bonds is 5. The van der Waals surface area contributed by atoms with Crippen molar-refractivity contribution in [3.8, 4) is 0 Å². The van der Waals surface area contributed by atoms with Crippen molar-refractivity contribution in [2.24, 2.45) is 0 Å². The van der Waals surface area contributed by atoms with Gasteiger partial charge in [0.15, 0.2) is 5.58 Å². The maximum absolute atomic E-state index is 12.4. The summed E-state index contributed by atoms with van der Waals surface area (Å²) in [6.45, 7) is 3.89. The molecule has 0 radical (unpaired) electrons. The van der Waals surface area contributed by atoms with Crippen molar-refractivity contribution in [3.05, 3.63) is 63.6 Å². The Bertz CT molecular complexity index is 1050. The molecular weight excluding hydrogens is 328 g/mol. The predicted molar refractivity (Wildman–Crippen MR) is 91.6 cm³/mol. The zero-order valence-electron chi connectivity index (χ0n) is 13.4. The SMILES string of the molecule is Cc1ccc(C)c(S(=O)(=O)NCCc2ccc3[nH]c(=O)oc3c2)c1. The fourth-order valence-electron chi connectivity index (χ4n) is 2.55.